The lowest BCUT2D eigenvalue weighted by atomic mass is 10.3. The maximum absolute atomic E-state index is 5.78. The zero-order valence-electron chi connectivity index (χ0n) is 9.11. The van der Waals surface area contributed by atoms with Crippen LogP contribution in [0.1, 0.15) is 27.7 Å². The third-order valence-electron chi connectivity index (χ3n) is 2.12. The Morgan fingerprint density at radius 1 is 1.33 bits per heavy atom. The molecule has 0 radical (unpaired) electrons. The predicted octanol–water partition coefficient (Wildman–Crippen LogP) is 1.77. The highest BCUT2D eigenvalue weighted by molar-refractivity contribution is 6.53. The van der Waals surface area contributed by atoms with Crippen LogP contribution >= 0.6 is 0 Å². The fourth-order valence-electron chi connectivity index (χ4n) is 0.735. The van der Waals surface area contributed by atoms with Crippen LogP contribution in [-0.2, 0) is 4.43 Å². The van der Waals surface area contributed by atoms with Crippen LogP contribution in [0.2, 0.25) is 11.6 Å². The molecule has 0 bridgehead atoms. The van der Waals surface area contributed by atoms with Gasteiger partial charge >= 0.3 is 0 Å². The molecule has 0 aliphatic rings. The monoisotopic (exact) mass is 189 g/mol. The Kier molecular flexibility index (Phi) is 5.79. The van der Waals surface area contributed by atoms with E-state index >= 15 is 0 Å². The van der Waals surface area contributed by atoms with Gasteiger partial charge in [-0.05, 0) is 18.1 Å². The van der Waals surface area contributed by atoms with Gasteiger partial charge in [0, 0.05) is 13.2 Å². The molecule has 74 valence electrons. The normalized spacial score (nSPS) is 14.8. The Labute approximate surface area is 78.4 Å². The summed E-state index contributed by atoms with van der Waals surface area (Å²) in [7, 11) is -0.973. The molecule has 0 amide bonds. The summed E-state index contributed by atoms with van der Waals surface area (Å²) in [6, 6.07) is 0. The first kappa shape index (κ1) is 12.1. The van der Waals surface area contributed by atoms with Crippen LogP contribution in [0.5, 0.6) is 0 Å². The van der Waals surface area contributed by atoms with E-state index in [0.29, 0.717) is 5.04 Å². The maximum atomic E-state index is 5.78. The summed E-state index contributed by atoms with van der Waals surface area (Å²) in [5, 5.41) is 3.65. The highest BCUT2D eigenvalue weighted by Crippen LogP contribution is 2.26. The quantitative estimate of drug-likeness (QED) is 0.526. The summed E-state index contributed by atoms with van der Waals surface area (Å²) in [6.45, 7) is 14.1. The van der Waals surface area contributed by atoms with Crippen molar-refractivity contribution in [1.29, 1.82) is 0 Å². The Balaban J connectivity index is 3.38. The standard InChI is InChI=1S/C9H23NOSi/c1-6-10-7-8-11-12(5)9(2,3)4/h10,12H,6-8H2,1-5H3. The van der Waals surface area contributed by atoms with Crippen molar-refractivity contribution < 1.29 is 4.43 Å². The molecular formula is C9H23NOSi. The van der Waals surface area contributed by atoms with Crippen molar-refractivity contribution in [2.45, 2.75) is 39.3 Å². The number of hydrogen-bond donors (Lipinski definition) is 1. The van der Waals surface area contributed by atoms with E-state index in [9.17, 15) is 0 Å². The third-order valence-corrected chi connectivity index (χ3v) is 5.29. The third kappa shape index (κ3) is 5.74. The van der Waals surface area contributed by atoms with Crippen molar-refractivity contribution in [3.63, 3.8) is 0 Å². The summed E-state index contributed by atoms with van der Waals surface area (Å²) < 4.78 is 5.78. The maximum Gasteiger partial charge on any atom is 0.179 e. The van der Waals surface area contributed by atoms with Gasteiger partial charge in [-0.2, -0.15) is 0 Å². The van der Waals surface area contributed by atoms with Crippen molar-refractivity contribution in [1.82, 2.24) is 5.32 Å². The van der Waals surface area contributed by atoms with Crippen LogP contribution < -0.4 is 5.32 Å². The minimum Gasteiger partial charge on any atom is -0.418 e. The van der Waals surface area contributed by atoms with E-state index in [0.717, 1.165) is 19.7 Å². The fraction of sp³-hybridized carbons (Fsp3) is 1.00. The van der Waals surface area contributed by atoms with Gasteiger partial charge in [-0.15, -0.1) is 0 Å². The Morgan fingerprint density at radius 2 is 1.92 bits per heavy atom. The van der Waals surface area contributed by atoms with Crippen molar-refractivity contribution in [2.24, 2.45) is 0 Å². The van der Waals surface area contributed by atoms with Gasteiger partial charge in [-0.1, -0.05) is 27.7 Å². The molecule has 1 atom stereocenters. The minimum absolute atomic E-state index is 0.395. The van der Waals surface area contributed by atoms with Gasteiger partial charge in [0.2, 0.25) is 0 Å². The molecule has 0 aliphatic heterocycles. The smallest absolute Gasteiger partial charge is 0.179 e. The molecule has 0 saturated heterocycles. The molecule has 1 unspecified atom stereocenters. The molecule has 1 N–H and O–H groups in total. The second-order valence-electron chi connectivity index (χ2n) is 4.23. The molecule has 0 aliphatic carbocycles. The van der Waals surface area contributed by atoms with E-state index in [1.54, 1.807) is 0 Å². The summed E-state index contributed by atoms with van der Waals surface area (Å²) in [6.07, 6.45) is 0. The second kappa shape index (κ2) is 5.73. The molecule has 0 aromatic heterocycles. The van der Waals surface area contributed by atoms with Crippen molar-refractivity contribution in [3.05, 3.63) is 0 Å². The van der Waals surface area contributed by atoms with Crippen molar-refractivity contribution in [2.75, 3.05) is 19.7 Å². The second-order valence-corrected chi connectivity index (χ2v) is 7.58. The van der Waals surface area contributed by atoms with Crippen LogP contribution in [0.3, 0.4) is 0 Å². The van der Waals surface area contributed by atoms with Crippen LogP contribution in [-0.4, -0.2) is 28.7 Å². The molecular weight excluding hydrogens is 166 g/mol. The molecule has 0 aromatic carbocycles. The van der Waals surface area contributed by atoms with Crippen molar-refractivity contribution in [3.8, 4) is 0 Å². The van der Waals surface area contributed by atoms with Crippen LogP contribution in [0.4, 0.5) is 0 Å². The molecule has 2 nitrogen and oxygen atoms in total. The molecule has 12 heavy (non-hydrogen) atoms. The SMILES string of the molecule is CCNCCO[SiH](C)C(C)(C)C. The van der Waals surface area contributed by atoms with Gasteiger partial charge in [-0.3, -0.25) is 0 Å². The predicted molar refractivity (Wildman–Crippen MR) is 57.2 cm³/mol. The Morgan fingerprint density at radius 3 is 2.33 bits per heavy atom. The van der Waals surface area contributed by atoms with E-state index in [1.807, 2.05) is 0 Å². The number of hydrogen-bond acceptors (Lipinski definition) is 2. The zero-order valence-corrected chi connectivity index (χ0v) is 10.3. The first-order chi connectivity index (χ1) is 5.48. The minimum atomic E-state index is -0.973. The largest absolute Gasteiger partial charge is 0.418 e. The van der Waals surface area contributed by atoms with Gasteiger partial charge < -0.3 is 9.74 Å². The van der Waals surface area contributed by atoms with E-state index < -0.39 is 9.04 Å². The summed E-state index contributed by atoms with van der Waals surface area (Å²) >= 11 is 0. The lowest BCUT2D eigenvalue weighted by Crippen LogP contribution is -2.29. The summed E-state index contributed by atoms with van der Waals surface area (Å²) in [5.41, 5.74) is 0. The Bertz CT molecular complexity index is 112. The lowest BCUT2D eigenvalue weighted by molar-refractivity contribution is 0.304. The molecule has 0 saturated carbocycles. The average molecular weight is 189 g/mol. The number of nitrogens with one attached hydrogen (secondary N) is 1. The summed E-state index contributed by atoms with van der Waals surface area (Å²) in [4.78, 5) is 0. The molecule has 0 rings (SSSR count). The fourth-order valence-corrected chi connectivity index (χ4v) is 1.71. The van der Waals surface area contributed by atoms with Crippen LogP contribution in [0.25, 0.3) is 0 Å². The summed E-state index contributed by atoms with van der Waals surface area (Å²) in [5.74, 6) is 0. The van der Waals surface area contributed by atoms with E-state index in [1.165, 1.54) is 0 Å². The molecule has 0 heterocycles. The van der Waals surface area contributed by atoms with E-state index in [4.69, 9.17) is 4.43 Å². The van der Waals surface area contributed by atoms with Gasteiger partial charge in [0.1, 0.15) is 0 Å². The van der Waals surface area contributed by atoms with Gasteiger partial charge in [0.25, 0.3) is 0 Å². The van der Waals surface area contributed by atoms with E-state index in [2.05, 4.69) is 39.6 Å². The lowest BCUT2D eigenvalue weighted by Gasteiger charge is -2.25. The first-order valence-electron chi connectivity index (χ1n) is 4.80. The van der Waals surface area contributed by atoms with Gasteiger partial charge in [0.15, 0.2) is 9.04 Å². The van der Waals surface area contributed by atoms with Crippen LogP contribution in [0.15, 0.2) is 0 Å². The average Bonchev–Trinajstić information content (AvgIpc) is 1.96. The first-order valence-corrected chi connectivity index (χ1v) is 7.01. The molecule has 3 heteroatoms. The van der Waals surface area contributed by atoms with E-state index in [-0.39, 0.29) is 0 Å². The highest BCUT2D eigenvalue weighted by atomic mass is 28.3. The molecule has 0 spiro atoms. The highest BCUT2D eigenvalue weighted by Gasteiger charge is 2.22. The number of rotatable bonds is 5. The zero-order chi connectivity index (χ0) is 9.61. The Hall–Kier alpha value is 0.137. The molecule has 0 fully saturated rings. The number of likely N-dealkylation sites (N-methyl/N-ethyl adjacent to an activating group) is 1. The van der Waals surface area contributed by atoms with Gasteiger partial charge in [0.05, 0.1) is 0 Å². The van der Waals surface area contributed by atoms with Gasteiger partial charge in [-0.25, -0.2) is 0 Å². The topological polar surface area (TPSA) is 21.3 Å². The van der Waals surface area contributed by atoms with Crippen LogP contribution in [0, 0.1) is 0 Å². The molecule has 0 aromatic rings. The van der Waals surface area contributed by atoms with Crippen molar-refractivity contribution >= 4 is 9.04 Å².